The fraction of sp³-hybridized carbons (Fsp3) is 0.867. The average molecular weight is 861 g/mol. The van der Waals surface area contributed by atoms with Gasteiger partial charge in [0.2, 0.25) is 0 Å². The van der Waals surface area contributed by atoms with E-state index in [0.29, 0.717) is 12.8 Å². The van der Waals surface area contributed by atoms with Gasteiger partial charge in [0.05, 0.1) is 19.8 Å². The highest BCUT2D eigenvalue weighted by Gasteiger charge is 2.47. The summed E-state index contributed by atoms with van der Waals surface area (Å²) in [7, 11) is 0. The molecule has 0 aliphatic carbocycles. The molecule has 0 radical (unpaired) electrons. The Morgan fingerprint density at radius 2 is 0.950 bits per heavy atom. The highest BCUT2D eigenvalue weighted by Crippen LogP contribution is 2.26. The van der Waals surface area contributed by atoms with Crippen molar-refractivity contribution in [3.8, 4) is 0 Å². The largest absolute Gasteiger partial charge is 0.462 e. The van der Waals surface area contributed by atoms with Crippen molar-refractivity contribution < 1.29 is 73.8 Å². The maximum Gasteiger partial charge on any atom is 0.306 e. The van der Waals surface area contributed by atoms with Crippen LogP contribution in [-0.2, 0) is 38.0 Å². The minimum absolute atomic E-state index is 0.154. The number of hydrogen-bond donors (Lipinski definition) is 7. The summed E-state index contributed by atoms with van der Waals surface area (Å²) < 4.78 is 33.4. The van der Waals surface area contributed by atoms with E-state index < -0.39 is 92.7 Å². The second-order valence-electron chi connectivity index (χ2n) is 16.2. The summed E-state index contributed by atoms with van der Waals surface area (Å²) in [5.41, 5.74) is 0. The molecule has 2 rings (SSSR count). The first-order chi connectivity index (χ1) is 29.0. The van der Waals surface area contributed by atoms with E-state index in [1.807, 2.05) is 0 Å². The van der Waals surface area contributed by atoms with Crippen LogP contribution in [-0.4, -0.2) is 142 Å². The summed E-state index contributed by atoms with van der Waals surface area (Å²) in [5.74, 6) is -0.948. The van der Waals surface area contributed by atoms with E-state index in [1.54, 1.807) is 0 Å². The van der Waals surface area contributed by atoms with Crippen molar-refractivity contribution in [2.24, 2.45) is 0 Å². The van der Waals surface area contributed by atoms with Gasteiger partial charge in [0.25, 0.3) is 0 Å². The minimum Gasteiger partial charge on any atom is -0.462 e. The van der Waals surface area contributed by atoms with E-state index in [0.717, 1.165) is 77.0 Å². The molecule has 11 atom stereocenters. The van der Waals surface area contributed by atoms with E-state index >= 15 is 0 Å². The molecule has 15 heteroatoms. The third-order valence-corrected chi connectivity index (χ3v) is 10.9. The smallest absolute Gasteiger partial charge is 0.306 e. The molecule has 2 heterocycles. The molecule has 2 aliphatic rings. The average Bonchev–Trinajstić information content (AvgIpc) is 3.24. The van der Waals surface area contributed by atoms with Crippen LogP contribution in [0.5, 0.6) is 0 Å². The first-order valence-corrected chi connectivity index (χ1v) is 22.9. The normalized spacial score (nSPS) is 27.8. The van der Waals surface area contributed by atoms with Crippen LogP contribution in [0.4, 0.5) is 0 Å². The molecule has 0 spiro atoms. The summed E-state index contributed by atoms with van der Waals surface area (Å²) in [6, 6.07) is 0. The van der Waals surface area contributed by atoms with Gasteiger partial charge in [0, 0.05) is 12.8 Å². The Morgan fingerprint density at radius 1 is 0.517 bits per heavy atom. The molecule has 7 N–H and O–H groups in total. The molecule has 0 amide bonds. The Labute approximate surface area is 358 Å². The van der Waals surface area contributed by atoms with Crippen LogP contribution < -0.4 is 0 Å². The fourth-order valence-electron chi connectivity index (χ4n) is 7.03. The van der Waals surface area contributed by atoms with Crippen LogP contribution in [0, 0.1) is 0 Å². The highest BCUT2D eigenvalue weighted by molar-refractivity contribution is 5.70. The molecule has 0 bridgehead atoms. The zero-order valence-electron chi connectivity index (χ0n) is 36.4. The first kappa shape index (κ1) is 54.1. The van der Waals surface area contributed by atoms with Gasteiger partial charge in [-0.25, -0.2) is 0 Å². The van der Waals surface area contributed by atoms with Crippen LogP contribution in [0.1, 0.15) is 155 Å². The number of unbranched alkanes of at least 4 members (excludes halogenated alkanes) is 16. The van der Waals surface area contributed by atoms with Gasteiger partial charge >= 0.3 is 11.9 Å². The summed E-state index contributed by atoms with van der Waals surface area (Å²) in [4.78, 5) is 25.6. The molecule has 0 saturated carbocycles. The number of esters is 2. The third kappa shape index (κ3) is 22.4. The maximum absolute atomic E-state index is 12.9. The predicted octanol–water partition coefficient (Wildman–Crippen LogP) is 4.82. The quantitative estimate of drug-likeness (QED) is 0.0261. The van der Waals surface area contributed by atoms with Crippen molar-refractivity contribution >= 4 is 11.9 Å². The van der Waals surface area contributed by atoms with Gasteiger partial charge in [-0.1, -0.05) is 102 Å². The Bertz CT molecular complexity index is 1150. The topological polar surface area (TPSA) is 231 Å². The van der Waals surface area contributed by atoms with Crippen molar-refractivity contribution in [2.45, 2.75) is 223 Å². The lowest BCUT2D eigenvalue weighted by Crippen LogP contribution is -2.61. The summed E-state index contributed by atoms with van der Waals surface area (Å²) in [6.45, 7) is 2.50. The van der Waals surface area contributed by atoms with Gasteiger partial charge in [-0.15, -0.1) is 0 Å². The number of hydrogen-bond acceptors (Lipinski definition) is 15. The molecule has 0 aromatic carbocycles. The molecule has 0 aromatic rings. The molecule has 2 fully saturated rings. The number of allylic oxidation sites excluding steroid dienone is 4. The monoisotopic (exact) mass is 861 g/mol. The van der Waals surface area contributed by atoms with Gasteiger partial charge < -0.3 is 64.2 Å². The van der Waals surface area contributed by atoms with Crippen LogP contribution >= 0.6 is 0 Å². The number of aliphatic hydroxyl groups excluding tert-OH is 7. The number of ether oxygens (including phenoxy) is 6. The van der Waals surface area contributed by atoms with E-state index in [4.69, 9.17) is 28.4 Å². The van der Waals surface area contributed by atoms with Crippen LogP contribution in [0.2, 0.25) is 0 Å². The first-order valence-electron chi connectivity index (χ1n) is 22.9. The maximum atomic E-state index is 12.9. The molecular weight excluding hydrogens is 780 g/mol. The standard InChI is InChI=1S/C45H80O15/c1-3-5-7-9-11-13-15-17-19-21-23-25-27-36(47)55-30-33(58-37(48)28-26-24-22-20-18-16-14-12-10-8-6-4-2)31-56-44-43(54)41(52)39(50)35(60-44)32-57-45-42(53)40(51)38(49)34(29-46)59-45/h11-14,33-35,38-46,49-54H,3-10,15-32H2,1-2H3/b13-11-,14-12-. The number of aliphatic hydroxyl groups is 7. The second kappa shape index (κ2) is 33.5. The molecule has 2 aliphatic heterocycles. The lowest BCUT2D eigenvalue weighted by atomic mass is 9.98. The SMILES string of the molecule is CCCCC/C=C\CCCCCCCC(=O)OCC(COC1OC(COC2OC(CO)C(O)C(O)C2O)C(O)C(O)C1O)OC(=O)CCCCCCC/C=C\CCCCC. The highest BCUT2D eigenvalue weighted by atomic mass is 16.7. The zero-order chi connectivity index (χ0) is 44.0. The van der Waals surface area contributed by atoms with Gasteiger partial charge in [-0.3, -0.25) is 9.59 Å². The Balaban J connectivity index is 1.87. The zero-order valence-corrected chi connectivity index (χ0v) is 36.4. The van der Waals surface area contributed by atoms with Crippen LogP contribution in [0.3, 0.4) is 0 Å². The molecule has 2 saturated heterocycles. The van der Waals surface area contributed by atoms with Crippen molar-refractivity contribution in [2.75, 3.05) is 26.4 Å². The molecule has 15 nitrogen and oxygen atoms in total. The summed E-state index contributed by atoms with van der Waals surface area (Å²) in [5, 5.41) is 71.8. The molecule has 0 aromatic heterocycles. The van der Waals surface area contributed by atoms with E-state index in [9.17, 15) is 45.3 Å². The van der Waals surface area contributed by atoms with Crippen molar-refractivity contribution in [3.63, 3.8) is 0 Å². The number of carbonyl (C=O) groups is 2. The van der Waals surface area contributed by atoms with E-state index in [2.05, 4.69) is 38.2 Å². The number of carbonyl (C=O) groups excluding carboxylic acids is 2. The van der Waals surface area contributed by atoms with Crippen LogP contribution in [0.25, 0.3) is 0 Å². The summed E-state index contributed by atoms with van der Waals surface area (Å²) in [6.07, 6.45) is 13.7. The Hall–Kier alpha value is -2.02. The lowest BCUT2D eigenvalue weighted by molar-refractivity contribution is -0.332. The molecule has 11 unspecified atom stereocenters. The Kier molecular flexibility index (Phi) is 30.2. The van der Waals surface area contributed by atoms with E-state index in [-0.39, 0.29) is 26.1 Å². The third-order valence-electron chi connectivity index (χ3n) is 10.9. The predicted molar refractivity (Wildman–Crippen MR) is 224 cm³/mol. The number of rotatable bonds is 34. The lowest BCUT2D eigenvalue weighted by Gasteiger charge is -2.42. The minimum atomic E-state index is -1.76. The van der Waals surface area contributed by atoms with Crippen molar-refractivity contribution in [3.05, 3.63) is 24.3 Å². The van der Waals surface area contributed by atoms with Crippen molar-refractivity contribution in [1.29, 1.82) is 0 Å². The van der Waals surface area contributed by atoms with E-state index in [1.165, 1.54) is 38.5 Å². The summed E-state index contributed by atoms with van der Waals surface area (Å²) >= 11 is 0. The molecule has 60 heavy (non-hydrogen) atoms. The van der Waals surface area contributed by atoms with Crippen molar-refractivity contribution in [1.82, 2.24) is 0 Å². The second-order valence-corrected chi connectivity index (χ2v) is 16.2. The fourth-order valence-corrected chi connectivity index (χ4v) is 7.03. The van der Waals surface area contributed by atoms with Gasteiger partial charge in [-0.2, -0.15) is 0 Å². The van der Waals surface area contributed by atoms with Crippen LogP contribution in [0.15, 0.2) is 24.3 Å². The molecular formula is C45H80O15. The van der Waals surface area contributed by atoms with Gasteiger partial charge in [0.1, 0.15) is 55.4 Å². The Morgan fingerprint density at radius 3 is 1.47 bits per heavy atom. The van der Waals surface area contributed by atoms with Gasteiger partial charge in [0.15, 0.2) is 18.7 Å². The van der Waals surface area contributed by atoms with Gasteiger partial charge in [-0.05, 0) is 64.2 Å². The molecule has 350 valence electrons.